The van der Waals surface area contributed by atoms with Gasteiger partial charge in [-0.1, -0.05) is 35.9 Å². The molecule has 0 aliphatic rings. The number of carbonyl (C=O) groups excluding carboxylic acids is 3. The highest BCUT2D eigenvalue weighted by atomic mass is 32.2. The molecule has 0 unspecified atom stereocenters. The highest BCUT2D eigenvalue weighted by Crippen LogP contribution is 2.24. The van der Waals surface area contributed by atoms with Crippen LogP contribution in [0.4, 0.5) is 5.69 Å². The highest BCUT2D eigenvalue weighted by Gasteiger charge is 2.17. The van der Waals surface area contributed by atoms with E-state index in [4.69, 9.17) is 4.42 Å². The van der Waals surface area contributed by atoms with Gasteiger partial charge in [0.05, 0.1) is 11.5 Å². The molecule has 0 fully saturated rings. The predicted octanol–water partition coefficient (Wildman–Crippen LogP) is 3.18. The van der Waals surface area contributed by atoms with Crippen molar-refractivity contribution in [2.75, 3.05) is 16.8 Å². The first kappa shape index (κ1) is 20.5. The molecule has 0 radical (unpaired) electrons. The van der Waals surface area contributed by atoms with E-state index in [2.05, 4.69) is 16.2 Å². The first-order chi connectivity index (χ1) is 13.9. The fraction of sp³-hybridized carbons (Fsp3) is 0.190. The third-order valence-corrected chi connectivity index (χ3v) is 5.10. The van der Waals surface area contributed by atoms with E-state index < -0.39 is 11.8 Å². The van der Waals surface area contributed by atoms with Crippen LogP contribution in [0, 0.1) is 13.8 Å². The second-order valence-electron chi connectivity index (χ2n) is 6.46. The summed E-state index contributed by atoms with van der Waals surface area (Å²) in [5.74, 6) is -0.849. The average molecular weight is 411 g/mol. The number of aryl methyl sites for hydroxylation is 2. The summed E-state index contributed by atoms with van der Waals surface area (Å²) in [6, 6.07) is 14.8. The molecule has 3 amide bonds. The van der Waals surface area contributed by atoms with Crippen LogP contribution in [0.1, 0.15) is 21.7 Å². The number of hydrogen-bond donors (Lipinski definition) is 3. The van der Waals surface area contributed by atoms with Gasteiger partial charge in [0.25, 0.3) is 0 Å². The van der Waals surface area contributed by atoms with Crippen molar-refractivity contribution in [2.24, 2.45) is 0 Å². The second kappa shape index (κ2) is 9.29. The number of rotatable bonds is 6. The largest absolute Gasteiger partial charge is 0.451 e. The fourth-order valence-electron chi connectivity index (χ4n) is 2.68. The standard InChI is InChI=1S/C21H21N3O4S/c1-13-7-9-15(10-8-13)22-18(25)11-29-12-19(26)23-24-21(27)20-14(2)16-5-3-4-6-17(16)28-20/h3-10H,11-12H2,1-2H3,(H,22,25)(H,23,26)(H,24,27). The molecule has 3 aromatic rings. The number of hydrogen-bond acceptors (Lipinski definition) is 5. The molecule has 150 valence electrons. The van der Waals surface area contributed by atoms with E-state index >= 15 is 0 Å². The Hall–Kier alpha value is -3.26. The summed E-state index contributed by atoms with van der Waals surface area (Å²) in [5, 5.41) is 3.61. The molecule has 3 N–H and O–H groups in total. The summed E-state index contributed by atoms with van der Waals surface area (Å²) in [5.41, 5.74) is 7.79. The number of carbonyl (C=O) groups is 3. The van der Waals surface area contributed by atoms with Crippen LogP contribution >= 0.6 is 11.8 Å². The zero-order valence-corrected chi connectivity index (χ0v) is 16.9. The van der Waals surface area contributed by atoms with Crippen LogP contribution in [-0.2, 0) is 9.59 Å². The van der Waals surface area contributed by atoms with Gasteiger partial charge in [-0.2, -0.15) is 0 Å². The SMILES string of the molecule is Cc1ccc(NC(=O)CSCC(=O)NNC(=O)c2oc3ccccc3c2C)cc1. The van der Waals surface area contributed by atoms with Gasteiger partial charge in [-0.25, -0.2) is 0 Å². The lowest BCUT2D eigenvalue weighted by Crippen LogP contribution is -2.42. The summed E-state index contributed by atoms with van der Waals surface area (Å²) in [6.07, 6.45) is 0. The van der Waals surface area contributed by atoms with Gasteiger partial charge in [0.15, 0.2) is 5.76 Å². The Morgan fingerprint density at radius 1 is 0.897 bits per heavy atom. The highest BCUT2D eigenvalue weighted by molar-refractivity contribution is 8.00. The van der Waals surface area contributed by atoms with Crippen LogP contribution in [0.5, 0.6) is 0 Å². The van der Waals surface area contributed by atoms with Gasteiger partial charge in [-0.3, -0.25) is 25.2 Å². The normalized spacial score (nSPS) is 10.6. The van der Waals surface area contributed by atoms with Crippen molar-refractivity contribution in [1.29, 1.82) is 0 Å². The quantitative estimate of drug-likeness (QED) is 0.541. The lowest BCUT2D eigenvalue weighted by atomic mass is 10.1. The number of fused-ring (bicyclic) bond motifs is 1. The van der Waals surface area contributed by atoms with E-state index in [1.165, 1.54) is 0 Å². The summed E-state index contributed by atoms with van der Waals surface area (Å²) in [4.78, 5) is 36.1. The molecule has 0 saturated carbocycles. The molecular formula is C21H21N3O4S. The maximum Gasteiger partial charge on any atom is 0.305 e. The summed E-state index contributed by atoms with van der Waals surface area (Å²) in [6.45, 7) is 3.75. The summed E-state index contributed by atoms with van der Waals surface area (Å²) >= 11 is 1.15. The average Bonchev–Trinajstić information content (AvgIpc) is 3.05. The number of hydrazine groups is 1. The lowest BCUT2D eigenvalue weighted by Gasteiger charge is -2.07. The van der Waals surface area contributed by atoms with Crippen molar-refractivity contribution < 1.29 is 18.8 Å². The molecule has 0 aliphatic heterocycles. The Labute approximate surface area is 172 Å². The van der Waals surface area contributed by atoms with Crippen molar-refractivity contribution in [3.63, 3.8) is 0 Å². The van der Waals surface area contributed by atoms with E-state index in [1.54, 1.807) is 13.0 Å². The molecule has 0 aliphatic carbocycles. The van der Waals surface area contributed by atoms with Crippen molar-refractivity contribution in [1.82, 2.24) is 10.9 Å². The third-order valence-electron chi connectivity index (χ3n) is 4.17. The fourth-order valence-corrected chi connectivity index (χ4v) is 3.30. The molecule has 0 bridgehead atoms. The van der Waals surface area contributed by atoms with Crippen molar-refractivity contribution in [2.45, 2.75) is 13.8 Å². The van der Waals surface area contributed by atoms with Crippen molar-refractivity contribution in [3.05, 3.63) is 65.4 Å². The van der Waals surface area contributed by atoms with Gasteiger partial charge >= 0.3 is 5.91 Å². The van der Waals surface area contributed by atoms with E-state index in [-0.39, 0.29) is 23.2 Å². The molecule has 0 spiro atoms. The van der Waals surface area contributed by atoms with E-state index in [1.807, 2.05) is 49.4 Å². The molecule has 0 atom stereocenters. The van der Waals surface area contributed by atoms with E-state index in [0.29, 0.717) is 16.8 Å². The van der Waals surface area contributed by atoms with Crippen LogP contribution in [0.25, 0.3) is 11.0 Å². The van der Waals surface area contributed by atoms with Crippen LogP contribution < -0.4 is 16.2 Å². The number of para-hydroxylation sites is 1. The van der Waals surface area contributed by atoms with Crippen LogP contribution in [0.3, 0.4) is 0 Å². The smallest absolute Gasteiger partial charge is 0.305 e. The van der Waals surface area contributed by atoms with Crippen LogP contribution in [0.2, 0.25) is 0 Å². The minimum absolute atomic E-state index is 0.0285. The molecule has 7 nitrogen and oxygen atoms in total. The van der Waals surface area contributed by atoms with E-state index in [9.17, 15) is 14.4 Å². The zero-order valence-electron chi connectivity index (χ0n) is 16.1. The molecule has 1 heterocycles. The van der Waals surface area contributed by atoms with Gasteiger partial charge in [-0.15, -0.1) is 11.8 Å². The number of thioether (sulfide) groups is 1. The molecule has 29 heavy (non-hydrogen) atoms. The Morgan fingerprint density at radius 2 is 1.59 bits per heavy atom. The summed E-state index contributed by atoms with van der Waals surface area (Å²) < 4.78 is 5.55. The van der Waals surface area contributed by atoms with Crippen LogP contribution in [0.15, 0.2) is 52.9 Å². The Morgan fingerprint density at radius 3 is 2.31 bits per heavy atom. The Kier molecular flexibility index (Phi) is 6.56. The Balaban J connectivity index is 1.41. The van der Waals surface area contributed by atoms with Gasteiger partial charge in [0.1, 0.15) is 5.58 Å². The number of amides is 3. The van der Waals surface area contributed by atoms with E-state index in [0.717, 1.165) is 22.7 Å². The monoisotopic (exact) mass is 411 g/mol. The van der Waals surface area contributed by atoms with Gasteiger partial charge in [0, 0.05) is 16.6 Å². The number of anilines is 1. The maximum absolute atomic E-state index is 12.3. The van der Waals surface area contributed by atoms with Gasteiger partial charge < -0.3 is 9.73 Å². The van der Waals surface area contributed by atoms with Gasteiger partial charge in [-0.05, 0) is 32.0 Å². The van der Waals surface area contributed by atoms with Crippen molar-refractivity contribution >= 4 is 46.1 Å². The lowest BCUT2D eigenvalue weighted by molar-refractivity contribution is -0.119. The first-order valence-corrected chi connectivity index (χ1v) is 10.1. The summed E-state index contributed by atoms with van der Waals surface area (Å²) in [7, 11) is 0. The molecule has 1 aromatic heterocycles. The molecule has 8 heteroatoms. The number of nitrogens with one attached hydrogen (secondary N) is 3. The zero-order chi connectivity index (χ0) is 20.8. The minimum atomic E-state index is -0.533. The third kappa shape index (κ3) is 5.39. The molecule has 0 saturated heterocycles. The number of furan rings is 1. The minimum Gasteiger partial charge on any atom is -0.451 e. The van der Waals surface area contributed by atoms with Gasteiger partial charge in [0.2, 0.25) is 11.8 Å². The maximum atomic E-state index is 12.3. The van der Waals surface area contributed by atoms with Crippen LogP contribution in [-0.4, -0.2) is 29.2 Å². The number of benzene rings is 2. The second-order valence-corrected chi connectivity index (χ2v) is 7.45. The molecule has 2 aromatic carbocycles. The molecular weight excluding hydrogens is 390 g/mol. The predicted molar refractivity (Wildman–Crippen MR) is 114 cm³/mol. The first-order valence-electron chi connectivity index (χ1n) is 8.95. The van der Waals surface area contributed by atoms with Crippen molar-refractivity contribution in [3.8, 4) is 0 Å². The molecule has 3 rings (SSSR count). The Bertz CT molecular complexity index is 1040. The topological polar surface area (TPSA) is 100 Å².